The molecule has 0 aliphatic heterocycles. The Morgan fingerprint density at radius 1 is 1.10 bits per heavy atom. The molecule has 0 bridgehead atoms. The fourth-order valence-corrected chi connectivity index (χ4v) is 3.18. The number of halogens is 3. The molecule has 20 heavy (non-hydrogen) atoms. The number of hydrogen-bond acceptors (Lipinski definition) is 2. The molecule has 0 heterocycles. The third kappa shape index (κ3) is 4.13. The van der Waals surface area contributed by atoms with Crippen LogP contribution >= 0.6 is 35.0 Å². The molecule has 0 radical (unpaired) electrons. The van der Waals surface area contributed by atoms with Gasteiger partial charge in [-0.25, -0.2) is 4.39 Å². The molecule has 0 spiro atoms. The monoisotopic (exact) mass is 329 g/mol. The molecule has 5 heteroatoms. The first-order chi connectivity index (χ1) is 9.60. The van der Waals surface area contributed by atoms with Crippen LogP contribution in [0.5, 0.6) is 0 Å². The summed E-state index contributed by atoms with van der Waals surface area (Å²) in [6, 6.07) is 10.1. The standard InChI is InChI=1S/C15H14Cl2FNS/c1-2-19-9-10-7-12(18)4-6-14(10)20-15-8-11(16)3-5-13(15)17/h3-8,19H,2,9H2,1H3. The Bertz CT molecular complexity index is 604. The van der Waals surface area contributed by atoms with Crippen molar-refractivity contribution >= 4 is 35.0 Å². The van der Waals surface area contributed by atoms with Crippen molar-refractivity contribution in [3.8, 4) is 0 Å². The van der Waals surface area contributed by atoms with Gasteiger partial charge >= 0.3 is 0 Å². The van der Waals surface area contributed by atoms with Crippen molar-refractivity contribution in [1.82, 2.24) is 5.32 Å². The molecule has 0 fully saturated rings. The Morgan fingerprint density at radius 3 is 2.65 bits per heavy atom. The summed E-state index contributed by atoms with van der Waals surface area (Å²) in [5.74, 6) is -0.237. The second-order valence-electron chi connectivity index (χ2n) is 4.21. The van der Waals surface area contributed by atoms with E-state index in [0.717, 1.165) is 21.9 Å². The summed E-state index contributed by atoms with van der Waals surface area (Å²) in [5.41, 5.74) is 0.910. The molecule has 1 N–H and O–H groups in total. The van der Waals surface area contributed by atoms with Crippen molar-refractivity contribution in [2.45, 2.75) is 23.3 Å². The molecule has 0 aliphatic rings. The maximum atomic E-state index is 13.4. The molecule has 0 saturated heterocycles. The van der Waals surface area contributed by atoms with Gasteiger partial charge in [0.1, 0.15) is 5.82 Å². The average molecular weight is 330 g/mol. The van der Waals surface area contributed by atoms with E-state index in [9.17, 15) is 4.39 Å². The highest BCUT2D eigenvalue weighted by Crippen LogP contribution is 2.36. The number of hydrogen-bond donors (Lipinski definition) is 1. The van der Waals surface area contributed by atoms with Crippen LogP contribution in [0.1, 0.15) is 12.5 Å². The summed E-state index contributed by atoms with van der Waals surface area (Å²) in [4.78, 5) is 1.83. The zero-order chi connectivity index (χ0) is 14.5. The van der Waals surface area contributed by atoms with E-state index in [4.69, 9.17) is 23.2 Å². The van der Waals surface area contributed by atoms with E-state index in [0.29, 0.717) is 16.6 Å². The predicted octanol–water partition coefficient (Wildman–Crippen LogP) is 5.39. The van der Waals surface area contributed by atoms with E-state index >= 15 is 0 Å². The van der Waals surface area contributed by atoms with Gasteiger partial charge < -0.3 is 5.32 Å². The van der Waals surface area contributed by atoms with Crippen molar-refractivity contribution in [2.75, 3.05) is 6.54 Å². The topological polar surface area (TPSA) is 12.0 Å². The highest BCUT2D eigenvalue weighted by Gasteiger charge is 2.09. The molecule has 0 amide bonds. The van der Waals surface area contributed by atoms with Gasteiger partial charge in [0.2, 0.25) is 0 Å². The molecule has 0 unspecified atom stereocenters. The lowest BCUT2D eigenvalue weighted by atomic mass is 10.2. The van der Waals surface area contributed by atoms with E-state index in [-0.39, 0.29) is 5.82 Å². The summed E-state index contributed by atoms with van der Waals surface area (Å²) >= 11 is 13.6. The molecule has 1 nitrogen and oxygen atoms in total. The third-order valence-corrected chi connectivity index (χ3v) is 4.55. The van der Waals surface area contributed by atoms with Crippen LogP contribution in [0.4, 0.5) is 4.39 Å². The molecule has 0 aliphatic carbocycles. The molecule has 2 aromatic rings. The highest BCUT2D eigenvalue weighted by atomic mass is 35.5. The van der Waals surface area contributed by atoms with Crippen molar-refractivity contribution in [1.29, 1.82) is 0 Å². The maximum Gasteiger partial charge on any atom is 0.123 e. The fraction of sp³-hybridized carbons (Fsp3) is 0.200. The molecular formula is C15H14Cl2FNS. The fourth-order valence-electron chi connectivity index (χ4n) is 1.72. The lowest BCUT2D eigenvalue weighted by molar-refractivity contribution is 0.619. The maximum absolute atomic E-state index is 13.4. The van der Waals surface area contributed by atoms with E-state index in [2.05, 4.69) is 5.32 Å². The van der Waals surface area contributed by atoms with Crippen LogP contribution in [-0.2, 0) is 6.54 Å². The van der Waals surface area contributed by atoms with Crippen LogP contribution in [0.3, 0.4) is 0 Å². The Hall–Kier alpha value is -0.740. The Balaban J connectivity index is 2.30. The van der Waals surface area contributed by atoms with Crippen LogP contribution in [-0.4, -0.2) is 6.54 Å². The summed E-state index contributed by atoms with van der Waals surface area (Å²) in [6.07, 6.45) is 0. The summed E-state index contributed by atoms with van der Waals surface area (Å²) in [6.45, 7) is 3.47. The van der Waals surface area contributed by atoms with Crippen LogP contribution in [0.15, 0.2) is 46.2 Å². The van der Waals surface area contributed by atoms with Crippen molar-refractivity contribution in [3.05, 3.63) is 57.8 Å². The van der Waals surface area contributed by atoms with E-state index in [1.54, 1.807) is 24.3 Å². The van der Waals surface area contributed by atoms with Crippen LogP contribution in [0.25, 0.3) is 0 Å². The number of nitrogens with one attached hydrogen (secondary N) is 1. The van der Waals surface area contributed by atoms with Gasteiger partial charge in [0.25, 0.3) is 0 Å². The molecule has 0 atom stereocenters. The molecule has 0 aromatic heterocycles. The van der Waals surface area contributed by atoms with Gasteiger partial charge in [-0.15, -0.1) is 0 Å². The second-order valence-corrected chi connectivity index (χ2v) is 6.14. The van der Waals surface area contributed by atoms with Gasteiger partial charge in [-0.05, 0) is 48.5 Å². The van der Waals surface area contributed by atoms with Crippen molar-refractivity contribution < 1.29 is 4.39 Å². The minimum Gasteiger partial charge on any atom is -0.313 e. The van der Waals surface area contributed by atoms with Gasteiger partial charge in [-0.3, -0.25) is 0 Å². The van der Waals surface area contributed by atoms with E-state index < -0.39 is 0 Å². The van der Waals surface area contributed by atoms with Crippen LogP contribution < -0.4 is 5.32 Å². The van der Waals surface area contributed by atoms with Gasteiger partial charge in [0, 0.05) is 21.4 Å². The summed E-state index contributed by atoms with van der Waals surface area (Å²) < 4.78 is 13.4. The first-order valence-corrected chi connectivity index (χ1v) is 7.79. The average Bonchev–Trinajstić information content (AvgIpc) is 2.43. The largest absolute Gasteiger partial charge is 0.313 e. The molecule has 2 aromatic carbocycles. The van der Waals surface area contributed by atoms with Crippen molar-refractivity contribution in [2.24, 2.45) is 0 Å². The van der Waals surface area contributed by atoms with Gasteiger partial charge in [0.05, 0.1) is 5.02 Å². The minimum absolute atomic E-state index is 0.237. The summed E-state index contributed by atoms with van der Waals surface area (Å²) in [5, 5.41) is 4.47. The molecule has 106 valence electrons. The first-order valence-electron chi connectivity index (χ1n) is 6.22. The van der Waals surface area contributed by atoms with Gasteiger partial charge in [-0.1, -0.05) is 41.9 Å². The number of benzene rings is 2. The Kier molecular flexibility index (Phi) is 5.73. The first kappa shape index (κ1) is 15.6. The summed E-state index contributed by atoms with van der Waals surface area (Å²) in [7, 11) is 0. The second kappa shape index (κ2) is 7.32. The zero-order valence-corrected chi connectivity index (χ0v) is 13.2. The lowest BCUT2D eigenvalue weighted by Gasteiger charge is -2.11. The predicted molar refractivity (Wildman–Crippen MR) is 84.4 cm³/mol. The minimum atomic E-state index is -0.237. The normalized spacial score (nSPS) is 10.8. The Morgan fingerprint density at radius 2 is 1.90 bits per heavy atom. The van der Waals surface area contributed by atoms with Crippen LogP contribution in [0.2, 0.25) is 10.0 Å². The lowest BCUT2D eigenvalue weighted by Crippen LogP contribution is -2.12. The number of rotatable bonds is 5. The third-order valence-electron chi connectivity index (χ3n) is 2.70. The van der Waals surface area contributed by atoms with E-state index in [1.807, 2.05) is 13.0 Å². The van der Waals surface area contributed by atoms with Crippen LogP contribution in [0, 0.1) is 5.82 Å². The van der Waals surface area contributed by atoms with Gasteiger partial charge in [0.15, 0.2) is 0 Å². The molecule has 0 saturated carbocycles. The molecule has 2 rings (SSSR count). The highest BCUT2D eigenvalue weighted by molar-refractivity contribution is 7.99. The zero-order valence-electron chi connectivity index (χ0n) is 10.9. The quantitative estimate of drug-likeness (QED) is 0.788. The smallest absolute Gasteiger partial charge is 0.123 e. The SMILES string of the molecule is CCNCc1cc(F)ccc1Sc1cc(Cl)ccc1Cl. The molecular weight excluding hydrogens is 316 g/mol. The van der Waals surface area contributed by atoms with Gasteiger partial charge in [-0.2, -0.15) is 0 Å². The Labute approximate surface area is 132 Å². The van der Waals surface area contributed by atoms with E-state index in [1.165, 1.54) is 17.8 Å². The van der Waals surface area contributed by atoms with Crippen molar-refractivity contribution in [3.63, 3.8) is 0 Å².